The van der Waals surface area contributed by atoms with Crippen molar-refractivity contribution in [2.24, 2.45) is 0 Å². The number of carboxylic acid groups (broad SMARTS) is 1. The van der Waals surface area contributed by atoms with Crippen molar-refractivity contribution >= 4 is 29.6 Å². The molecule has 1 aromatic rings. The number of aromatic nitrogens is 1. The number of amides is 1. The van der Waals surface area contributed by atoms with Gasteiger partial charge in [0.15, 0.2) is 0 Å². The van der Waals surface area contributed by atoms with Gasteiger partial charge in [0.2, 0.25) is 0 Å². The van der Waals surface area contributed by atoms with Gasteiger partial charge in [-0.05, 0) is 57.6 Å². The SMILES string of the molecule is Cc1cc(N)nc(CSCC[C@H](NC(=O)OC(C)(C)C)C(=O)O)c1. The summed E-state index contributed by atoms with van der Waals surface area (Å²) in [6.07, 6.45) is -0.436. The van der Waals surface area contributed by atoms with Crippen molar-refractivity contribution in [3.63, 3.8) is 0 Å². The predicted molar refractivity (Wildman–Crippen MR) is 95.0 cm³/mol. The maximum Gasteiger partial charge on any atom is 0.408 e. The van der Waals surface area contributed by atoms with Crippen molar-refractivity contribution in [3.05, 3.63) is 23.4 Å². The van der Waals surface area contributed by atoms with Crippen molar-refractivity contribution in [2.45, 2.75) is 51.5 Å². The fourth-order valence-electron chi connectivity index (χ4n) is 1.93. The number of ether oxygens (including phenoxy) is 1. The van der Waals surface area contributed by atoms with E-state index in [1.165, 1.54) is 11.8 Å². The maximum atomic E-state index is 11.7. The zero-order valence-corrected chi connectivity index (χ0v) is 15.3. The molecule has 0 spiro atoms. The van der Waals surface area contributed by atoms with Crippen LogP contribution in [0.4, 0.5) is 10.6 Å². The normalized spacial score (nSPS) is 12.5. The van der Waals surface area contributed by atoms with E-state index >= 15 is 0 Å². The Hall–Kier alpha value is -1.96. The van der Waals surface area contributed by atoms with E-state index in [1.54, 1.807) is 26.8 Å². The van der Waals surface area contributed by atoms with Gasteiger partial charge in [0.25, 0.3) is 0 Å². The van der Waals surface area contributed by atoms with Gasteiger partial charge in [-0.2, -0.15) is 11.8 Å². The predicted octanol–water partition coefficient (Wildman–Crippen LogP) is 2.57. The summed E-state index contributed by atoms with van der Waals surface area (Å²) in [5, 5.41) is 11.6. The number of aryl methyl sites for hydroxylation is 1. The van der Waals surface area contributed by atoms with Crippen LogP contribution in [0, 0.1) is 6.92 Å². The van der Waals surface area contributed by atoms with Crippen LogP contribution in [-0.4, -0.2) is 39.5 Å². The highest BCUT2D eigenvalue weighted by Crippen LogP contribution is 2.15. The molecule has 1 aromatic heterocycles. The lowest BCUT2D eigenvalue weighted by Crippen LogP contribution is -2.43. The fraction of sp³-hybridized carbons (Fsp3) is 0.562. The average molecular weight is 355 g/mol. The van der Waals surface area contributed by atoms with Gasteiger partial charge < -0.3 is 20.9 Å². The molecule has 0 fully saturated rings. The van der Waals surface area contributed by atoms with Crippen LogP contribution < -0.4 is 11.1 Å². The number of rotatable bonds is 7. The highest BCUT2D eigenvalue weighted by molar-refractivity contribution is 7.98. The van der Waals surface area contributed by atoms with Crippen LogP contribution >= 0.6 is 11.8 Å². The monoisotopic (exact) mass is 355 g/mol. The summed E-state index contributed by atoms with van der Waals surface area (Å²) < 4.78 is 5.08. The third-order valence-corrected chi connectivity index (χ3v) is 3.86. The van der Waals surface area contributed by atoms with E-state index in [-0.39, 0.29) is 0 Å². The number of carboxylic acids is 1. The number of nitrogens with zero attached hydrogens (tertiary/aromatic N) is 1. The van der Waals surface area contributed by atoms with Crippen LogP contribution in [0.1, 0.15) is 38.4 Å². The van der Waals surface area contributed by atoms with E-state index in [0.29, 0.717) is 23.7 Å². The Morgan fingerprint density at radius 1 is 1.42 bits per heavy atom. The second-order valence-electron chi connectivity index (χ2n) is 6.44. The number of carbonyl (C=O) groups is 2. The molecule has 0 aliphatic rings. The standard InChI is InChI=1S/C16H25N3O4S/c1-10-7-11(18-13(17)8-10)9-24-6-5-12(14(20)21)19-15(22)23-16(2,3)4/h7-8,12H,5-6,9H2,1-4H3,(H2,17,18)(H,19,22)(H,20,21)/t12-/m0/s1. The van der Waals surface area contributed by atoms with Crippen molar-refractivity contribution in [1.29, 1.82) is 0 Å². The number of nitrogen functional groups attached to an aromatic ring is 1. The number of hydrogen-bond acceptors (Lipinski definition) is 6. The van der Waals surface area contributed by atoms with Gasteiger partial charge >= 0.3 is 12.1 Å². The molecule has 0 saturated carbocycles. The number of pyridine rings is 1. The molecule has 0 bridgehead atoms. The van der Waals surface area contributed by atoms with Crippen molar-refractivity contribution in [3.8, 4) is 0 Å². The van der Waals surface area contributed by atoms with Crippen LogP contribution in [0.2, 0.25) is 0 Å². The second-order valence-corrected chi connectivity index (χ2v) is 7.54. The van der Waals surface area contributed by atoms with Gasteiger partial charge in [-0.25, -0.2) is 14.6 Å². The first-order chi connectivity index (χ1) is 11.1. The number of anilines is 1. The quantitative estimate of drug-likeness (QED) is 0.644. The molecule has 0 aliphatic heterocycles. The smallest absolute Gasteiger partial charge is 0.408 e. The summed E-state index contributed by atoms with van der Waals surface area (Å²) in [6.45, 7) is 7.10. The number of aliphatic carboxylic acids is 1. The van der Waals surface area contributed by atoms with Crippen LogP contribution in [0.25, 0.3) is 0 Å². The minimum absolute atomic E-state index is 0.292. The Kier molecular flexibility index (Phi) is 7.34. The van der Waals surface area contributed by atoms with E-state index in [0.717, 1.165) is 11.3 Å². The highest BCUT2D eigenvalue weighted by Gasteiger charge is 2.23. The van der Waals surface area contributed by atoms with Gasteiger partial charge in [0, 0.05) is 5.75 Å². The fourth-order valence-corrected chi connectivity index (χ4v) is 2.83. The van der Waals surface area contributed by atoms with Crippen molar-refractivity contribution in [1.82, 2.24) is 10.3 Å². The number of carbonyl (C=O) groups excluding carboxylic acids is 1. The van der Waals surface area contributed by atoms with E-state index in [9.17, 15) is 14.7 Å². The first-order valence-electron chi connectivity index (χ1n) is 7.60. The zero-order chi connectivity index (χ0) is 18.3. The first-order valence-corrected chi connectivity index (χ1v) is 8.75. The van der Waals surface area contributed by atoms with E-state index < -0.39 is 23.7 Å². The molecule has 1 rings (SSSR count). The lowest BCUT2D eigenvalue weighted by molar-refractivity contribution is -0.139. The Morgan fingerprint density at radius 2 is 2.08 bits per heavy atom. The summed E-state index contributed by atoms with van der Waals surface area (Å²) >= 11 is 1.54. The number of thioether (sulfide) groups is 1. The third kappa shape index (κ3) is 8.05. The molecule has 0 saturated heterocycles. The maximum absolute atomic E-state index is 11.7. The molecule has 0 aromatic carbocycles. The lowest BCUT2D eigenvalue weighted by Gasteiger charge is -2.21. The molecule has 7 nitrogen and oxygen atoms in total. The third-order valence-electron chi connectivity index (χ3n) is 2.83. The van der Waals surface area contributed by atoms with Crippen LogP contribution in [0.5, 0.6) is 0 Å². The van der Waals surface area contributed by atoms with Crippen LogP contribution in [-0.2, 0) is 15.3 Å². The highest BCUT2D eigenvalue weighted by atomic mass is 32.2. The van der Waals surface area contributed by atoms with Crippen molar-refractivity contribution < 1.29 is 19.4 Å². The Morgan fingerprint density at radius 3 is 2.62 bits per heavy atom. The first kappa shape index (κ1) is 20.1. The number of hydrogen-bond donors (Lipinski definition) is 3. The summed E-state index contributed by atoms with van der Waals surface area (Å²) in [5.41, 5.74) is 6.92. The average Bonchev–Trinajstić information content (AvgIpc) is 2.38. The second kappa shape index (κ2) is 8.77. The molecular formula is C16H25N3O4S. The largest absolute Gasteiger partial charge is 0.480 e. The van der Waals surface area contributed by atoms with E-state index in [4.69, 9.17) is 10.5 Å². The minimum atomic E-state index is -1.08. The number of alkyl carbamates (subject to hydrolysis) is 1. The van der Waals surface area contributed by atoms with E-state index in [2.05, 4.69) is 10.3 Å². The molecular weight excluding hydrogens is 330 g/mol. The zero-order valence-electron chi connectivity index (χ0n) is 14.5. The summed E-state index contributed by atoms with van der Waals surface area (Å²) in [5.74, 6) is 0.576. The number of nitrogens with one attached hydrogen (secondary N) is 1. The molecule has 0 unspecified atom stereocenters. The molecule has 1 atom stereocenters. The van der Waals surface area contributed by atoms with E-state index in [1.807, 2.05) is 13.0 Å². The summed E-state index contributed by atoms with van der Waals surface area (Å²) in [6, 6.07) is 2.75. The van der Waals surface area contributed by atoms with Gasteiger partial charge in [0.05, 0.1) is 5.69 Å². The van der Waals surface area contributed by atoms with Gasteiger partial charge in [0.1, 0.15) is 17.5 Å². The van der Waals surface area contributed by atoms with Crippen LogP contribution in [0.15, 0.2) is 12.1 Å². The molecule has 24 heavy (non-hydrogen) atoms. The molecule has 8 heteroatoms. The molecule has 0 aliphatic carbocycles. The minimum Gasteiger partial charge on any atom is -0.480 e. The molecule has 1 amide bonds. The molecule has 1 heterocycles. The van der Waals surface area contributed by atoms with Gasteiger partial charge in [-0.1, -0.05) is 0 Å². The summed E-state index contributed by atoms with van der Waals surface area (Å²) in [4.78, 5) is 27.1. The molecule has 134 valence electrons. The Labute approximate surface area is 146 Å². The van der Waals surface area contributed by atoms with Gasteiger partial charge in [-0.3, -0.25) is 0 Å². The topological polar surface area (TPSA) is 115 Å². The van der Waals surface area contributed by atoms with Crippen LogP contribution in [0.3, 0.4) is 0 Å². The van der Waals surface area contributed by atoms with Gasteiger partial charge in [-0.15, -0.1) is 0 Å². The molecule has 4 N–H and O–H groups in total. The molecule has 0 radical (unpaired) electrons. The van der Waals surface area contributed by atoms with Crippen molar-refractivity contribution in [2.75, 3.05) is 11.5 Å². The number of nitrogens with two attached hydrogens (primary N) is 1. The lowest BCUT2D eigenvalue weighted by atomic mass is 10.2. The Bertz CT molecular complexity index is 567. The Balaban J connectivity index is 2.44. The summed E-state index contributed by atoms with van der Waals surface area (Å²) in [7, 11) is 0.